The highest BCUT2D eigenvalue weighted by Gasteiger charge is 2.19. The predicted octanol–water partition coefficient (Wildman–Crippen LogP) is 8.08. The second-order valence-electron chi connectivity index (χ2n) is 10.0. The van der Waals surface area contributed by atoms with Crippen molar-refractivity contribution >= 4 is 46.3 Å². The summed E-state index contributed by atoms with van der Waals surface area (Å²) < 4.78 is 0. The first-order chi connectivity index (χ1) is 17.4. The lowest BCUT2D eigenvalue weighted by molar-refractivity contribution is -0.107. The summed E-state index contributed by atoms with van der Waals surface area (Å²) in [7, 11) is 0. The number of hydrogen-bond donors (Lipinski definition) is 2. The molecule has 1 fully saturated rings. The lowest BCUT2D eigenvalue weighted by atomic mass is 10.0. The van der Waals surface area contributed by atoms with Crippen LogP contribution in [0.15, 0.2) is 48.7 Å². The number of anilines is 1. The van der Waals surface area contributed by atoms with Gasteiger partial charge in [0.05, 0.1) is 15.7 Å². The van der Waals surface area contributed by atoms with E-state index in [9.17, 15) is 4.79 Å². The van der Waals surface area contributed by atoms with Gasteiger partial charge in [-0.3, -0.25) is 0 Å². The highest BCUT2D eigenvalue weighted by atomic mass is 35.5. The molecular formula is C29H34Cl2N4O. The van der Waals surface area contributed by atoms with E-state index in [-0.39, 0.29) is 0 Å². The highest BCUT2D eigenvalue weighted by Crippen LogP contribution is 2.32. The van der Waals surface area contributed by atoms with Crippen molar-refractivity contribution in [3.63, 3.8) is 0 Å². The van der Waals surface area contributed by atoms with E-state index in [4.69, 9.17) is 28.2 Å². The molecule has 0 unspecified atom stereocenters. The number of rotatable bonds is 9. The standard InChI is InChI=1S/C25H26Cl2N4O.C4H8/c1-16(2)13-23-24(17-7-8-20(26)21(27)14-17)30-25(29-23)31(11-4-12-32)15-18-5-3-6-22-19(18)9-10-28-22;1-4-2-3-4/h3,5-10,12,14,16,28H,4,11,13,15H2,1-2H3,(H,29,30);4H,2-3H2,1H3. The number of aromatic nitrogens is 3. The fourth-order valence-corrected chi connectivity index (χ4v) is 4.41. The lowest BCUT2D eigenvalue weighted by Gasteiger charge is -2.21. The molecule has 2 heterocycles. The maximum absolute atomic E-state index is 11.2. The number of aldehydes is 1. The summed E-state index contributed by atoms with van der Waals surface area (Å²) in [5.41, 5.74) is 5.09. The van der Waals surface area contributed by atoms with Gasteiger partial charge in [0.2, 0.25) is 5.95 Å². The molecule has 1 saturated carbocycles. The molecule has 0 radical (unpaired) electrons. The Hall–Kier alpha value is -2.76. The lowest BCUT2D eigenvalue weighted by Crippen LogP contribution is -2.25. The normalized spacial score (nSPS) is 13.1. The monoisotopic (exact) mass is 524 g/mol. The van der Waals surface area contributed by atoms with E-state index in [1.54, 1.807) is 6.07 Å². The van der Waals surface area contributed by atoms with E-state index in [1.807, 2.05) is 24.4 Å². The van der Waals surface area contributed by atoms with Crippen LogP contribution >= 0.6 is 23.2 Å². The Kier molecular flexibility index (Phi) is 8.76. The molecule has 5 nitrogen and oxygen atoms in total. The van der Waals surface area contributed by atoms with E-state index in [1.165, 1.54) is 23.8 Å². The SMILES string of the molecule is CC(C)Cc1[nH]c(N(CCC=O)Cc2cccc3[nH]ccc23)nc1-c1ccc(Cl)c(Cl)c1.CC1CC1. The number of fused-ring (bicyclic) bond motifs is 1. The molecule has 36 heavy (non-hydrogen) atoms. The van der Waals surface area contributed by atoms with Gasteiger partial charge < -0.3 is 19.7 Å². The maximum atomic E-state index is 11.2. The van der Waals surface area contributed by atoms with Crippen LogP contribution in [0.5, 0.6) is 0 Å². The van der Waals surface area contributed by atoms with Crippen molar-refractivity contribution in [3.05, 3.63) is 70.0 Å². The van der Waals surface area contributed by atoms with E-state index < -0.39 is 0 Å². The van der Waals surface area contributed by atoms with E-state index in [0.29, 0.717) is 35.5 Å². The van der Waals surface area contributed by atoms with Gasteiger partial charge in [-0.2, -0.15) is 0 Å². The van der Waals surface area contributed by atoms with Crippen molar-refractivity contribution in [2.75, 3.05) is 11.4 Å². The summed E-state index contributed by atoms with van der Waals surface area (Å²) >= 11 is 12.4. The minimum atomic E-state index is 0.422. The van der Waals surface area contributed by atoms with E-state index in [0.717, 1.165) is 47.0 Å². The summed E-state index contributed by atoms with van der Waals surface area (Å²) in [5.74, 6) is 2.28. The van der Waals surface area contributed by atoms with Gasteiger partial charge in [-0.05, 0) is 48.1 Å². The minimum absolute atomic E-state index is 0.422. The number of aromatic amines is 2. The molecule has 0 aliphatic heterocycles. The number of imidazole rings is 1. The average Bonchev–Trinajstić information content (AvgIpc) is 3.31. The number of nitrogens with one attached hydrogen (secondary N) is 2. The van der Waals surface area contributed by atoms with E-state index >= 15 is 0 Å². The predicted molar refractivity (Wildman–Crippen MR) is 151 cm³/mol. The van der Waals surface area contributed by atoms with Gasteiger partial charge >= 0.3 is 0 Å². The molecule has 0 saturated heterocycles. The molecule has 0 bridgehead atoms. The molecular weight excluding hydrogens is 491 g/mol. The second kappa shape index (κ2) is 12.0. The third kappa shape index (κ3) is 6.71. The summed E-state index contributed by atoms with van der Waals surface area (Å²) in [4.78, 5) is 25.1. The van der Waals surface area contributed by atoms with Crippen molar-refractivity contribution in [1.82, 2.24) is 15.0 Å². The summed E-state index contributed by atoms with van der Waals surface area (Å²) in [6.07, 6.45) is 7.13. The number of hydrogen-bond acceptors (Lipinski definition) is 3. The van der Waals surface area contributed by atoms with Crippen LogP contribution < -0.4 is 4.90 Å². The largest absolute Gasteiger partial charge is 0.361 e. The molecule has 2 N–H and O–H groups in total. The van der Waals surface area contributed by atoms with Crippen LogP contribution in [-0.4, -0.2) is 27.8 Å². The highest BCUT2D eigenvalue weighted by molar-refractivity contribution is 6.42. The average molecular weight is 526 g/mol. The van der Waals surface area contributed by atoms with Gasteiger partial charge in [0.25, 0.3) is 0 Å². The number of carbonyl (C=O) groups excluding carboxylic acids is 1. The Balaban J connectivity index is 0.000000692. The van der Waals surface area contributed by atoms with Crippen molar-refractivity contribution in [2.24, 2.45) is 11.8 Å². The van der Waals surface area contributed by atoms with E-state index in [2.05, 4.69) is 53.8 Å². The van der Waals surface area contributed by atoms with Crippen molar-refractivity contribution in [1.29, 1.82) is 0 Å². The molecule has 1 aliphatic carbocycles. The molecule has 2 aromatic carbocycles. The molecule has 2 aromatic heterocycles. The molecule has 0 amide bonds. The Morgan fingerprint density at radius 3 is 2.58 bits per heavy atom. The molecule has 190 valence electrons. The third-order valence-electron chi connectivity index (χ3n) is 6.30. The maximum Gasteiger partial charge on any atom is 0.203 e. The number of halogens is 2. The molecule has 0 spiro atoms. The zero-order valence-electron chi connectivity index (χ0n) is 21.2. The van der Waals surface area contributed by atoms with Crippen LogP contribution in [0.4, 0.5) is 5.95 Å². The van der Waals surface area contributed by atoms with Crippen LogP contribution in [0.2, 0.25) is 10.0 Å². The van der Waals surface area contributed by atoms with Crippen LogP contribution in [0.1, 0.15) is 51.3 Å². The number of benzene rings is 2. The number of H-pyrrole nitrogens is 2. The van der Waals surface area contributed by atoms with Gasteiger partial charge in [0.15, 0.2) is 0 Å². The third-order valence-corrected chi connectivity index (χ3v) is 7.04. The summed E-state index contributed by atoms with van der Waals surface area (Å²) in [6.45, 7) is 7.84. The smallest absolute Gasteiger partial charge is 0.203 e. The molecule has 5 rings (SSSR count). The van der Waals surface area contributed by atoms with Gasteiger partial charge in [0.1, 0.15) is 6.29 Å². The van der Waals surface area contributed by atoms with Crippen molar-refractivity contribution < 1.29 is 4.79 Å². The van der Waals surface area contributed by atoms with Crippen molar-refractivity contribution in [3.8, 4) is 11.3 Å². The molecule has 4 aromatic rings. The summed E-state index contributed by atoms with van der Waals surface area (Å²) in [5, 5.41) is 2.19. The Labute approximate surface area is 223 Å². The second-order valence-corrected chi connectivity index (χ2v) is 10.8. The molecule has 0 atom stereocenters. The van der Waals surface area contributed by atoms with Gasteiger partial charge in [-0.15, -0.1) is 0 Å². The van der Waals surface area contributed by atoms with Crippen LogP contribution in [-0.2, 0) is 17.8 Å². The topological polar surface area (TPSA) is 64.8 Å². The number of nitrogens with zero attached hydrogens (tertiary/aromatic N) is 2. The van der Waals surface area contributed by atoms with Crippen LogP contribution in [0.25, 0.3) is 22.2 Å². The Bertz CT molecular complexity index is 1310. The van der Waals surface area contributed by atoms with Gasteiger partial charge in [0, 0.05) is 47.9 Å². The fraction of sp³-hybridized carbons (Fsp3) is 0.379. The first-order valence-electron chi connectivity index (χ1n) is 12.6. The zero-order valence-corrected chi connectivity index (χ0v) is 22.7. The number of carbonyl (C=O) groups is 1. The minimum Gasteiger partial charge on any atom is -0.361 e. The van der Waals surface area contributed by atoms with Crippen LogP contribution in [0.3, 0.4) is 0 Å². The first kappa shape index (κ1) is 26.3. The summed E-state index contributed by atoms with van der Waals surface area (Å²) in [6, 6.07) is 13.9. The fourth-order valence-electron chi connectivity index (χ4n) is 4.11. The zero-order chi connectivity index (χ0) is 25.7. The van der Waals surface area contributed by atoms with Gasteiger partial charge in [-0.1, -0.05) is 75.0 Å². The first-order valence-corrected chi connectivity index (χ1v) is 13.4. The molecule has 7 heteroatoms. The van der Waals surface area contributed by atoms with Crippen molar-refractivity contribution in [2.45, 2.75) is 53.0 Å². The quantitative estimate of drug-likeness (QED) is 0.217. The Morgan fingerprint density at radius 1 is 1.14 bits per heavy atom. The van der Waals surface area contributed by atoms with Crippen LogP contribution in [0, 0.1) is 11.8 Å². The molecule has 1 aliphatic rings. The van der Waals surface area contributed by atoms with Gasteiger partial charge in [-0.25, -0.2) is 4.98 Å². The Morgan fingerprint density at radius 2 is 1.92 bits per heavy atom.